The number of aryl methyl sites for hydroxylation is 2. The van der Waals surface area contributed by atoms with E-state index in [9.17, 15) is 8.42 Å². The Morgan fingerprint density at radius 2 is 1.50 bits per heavy atom. The zero-order valence-corrected chi connectivity index (χ0v) is 16.4. The highest BCUT2D eigenvalue weighted by molar-refractivity contribution is 7.89. The topological polar surface area (TPSA) is 49.9 Å². The van der Waals surface area contributed by atoms with Gasteiger partial charge in [-0.2, -0.15) is 4.31 Å². The number of nitrogens with zero attached hydrogens (tertiary/aromatic N) is 2. The third-order valence-corrected chi connectivity index (χ3v) is 6.63. The van der Waals surface area contributed by atoms with Crippen molar-refractivity contribution in [3.05, 3.63) is 59.2 Å². The lowest BCUT2D eigenvalue weighted by Gasteiger charge is -2.34. The predicted molar refractivity (Wildman–Crippen MR) is 103 cm³/mol. The summed E-state index contributed by atoms with van der Waals surface area (Å²) in [6.45, 7) is 7.58. The van der Waals surface area contributed by atoms with Crippen LogP contribution >= 0.6 is 0 Å². The number of hydrogen-bond acceptors (Lipinski definition) is 4. The van der Waals surface area contributed by atoms with Crippen LogP contribution < -0.4 is 4.74 Å². The van der Waals surface area contributed by atoms with Crippen LogP contribution in [-0.2, 0) is 16.6 Å². The fourth-order valence-corrected chi connectivity index (χ4v) is 4.87. The molecule has 5 nitrogen and oxygen atoms in total. The molecule has 0 N–H and O–H groups in total. The van der Waals surface area contributed by atoms with Crippen LogP contribution in [0.3, 0.4) is 0 Å². The molecule has 0 unspecified atom stereocenters. The molecule has 1 saturated heterocycles. The van der Waals surface area contributed by atoms with Crippen molar-refractivity contribution in [1.82, 2.24) is 9.21 Å². The van der Waals surface area contributed by atoms with Gasteiger partial charge >= 0.3 is 0 Å². The largest absolute Gasteiger partial charge is 0.497 e. The molecule has 2 aromatic carbocycles. The summed E-state index contributed by atoms with van der Waals surface area (Å²) in [5, 5.41) is 0. The Morgan fingerprint density at radius 3 is 2.04 bits per heavy atom. The van der Waals surface area contributed by atoms with Gasteiger partial charge in [0.2, 0.25) is 10.0 Å². The summed E-state index contributed by atoms with van der Waals surface area (Å²) in [5.74, 6) is 0.655. The van der Waals surface area contributed by atoms with Gasteiger partial charge < -0.3 is 4.74 Å². The van der Waals surface area contributed by atoms with E-state index in [1.165, 1.54) is 16.7 Å². The molecular weight excluding hydrogens is 348 g/mol. The summed E-state index contributed by atoms with van der Waals surface area (Å²) < 4.78 is 32.3. The maximum Gasteiger partial charge on any atom is 0.243 e. The van der Waals surface area contributed by atoms with E-state index in [2.05, 4.69) is 36.9 Å². The van der Waals surface area contributed by atoms with Gasteiger partial charge in [-0.25, -0.2) is 8.42 Å². The predicted octanol–water partition coefficient (Wildman–Crippen LogP) is 2.82. The van der Waals surface area contributed by atoms with E-state index in [0.717, 1.165) is 19.6 Å². The molecule has 140 valence electrons. The van der Waals surface area contributed by atoms with Crippen molar-refractivity contribution in [2.75, 3.05) is 33.3 Å². The van der Waals surface area contributed by atoms with Gasteiger partial charge in [-0.1, -0.05) is 29.3 Å². The molecule has 6 heteroatoms. The second-order valence-corrected chi connectivity index (χ2v) is 8.79. The van der Waals surface area contributed by atoms with Gasteiger partial charge in [-0.3, -0.25) is 4.90 Å². The quantitative estimate of drug-likeness (QED) is 0.808. The highest BCUT2D eigenvalue weighted by Crippen LogP contribution is 2.21. The number of hydrogen-bond donors (Lipinski definition) is 0. The first kappa shape index (κ1) is 18.9. The van der Waals surface area contributed by atoms with Crippen LogP contribution in [0.25, 0.3) is 0 Å². The fourth-order valence-electron chi connectivity index (χ4n) is 3.44. The number of rotatable bonds is 5. The third-order valence-electron chi connectivity index (χ3n) is 4.72. The lowest BCUT2D eigenvalue weighted by Crippen LogP contribution is -2.48. The van der Waals surface area contributed by atoms with Crippen LogP contribution in [0.15, 0.2) is 47.4 Å². The second kappa shape index (κ2) is 7.78. The minimum absolute atomic E-state index is 0.320. The molecule has 0 aromatic heterocycles. The van der Waals surface area contributed by atoms with E-state index in [-0.39, 0.29) is 0 Å². The molecule has 0 bridgehead atoms. The molecular formula is C20H26N2O3S. The van der Waals surface area contributed by atoms with Crippen LogP contribution in [0.1, 0.15) is 16.7 Å². The molecule has 0 atom stereocenters. The highest BCUT2D eigenvalue weighted by atomic mass is 32.2. The highest BCUT2D eigenvalue weighted by Gasteiger charge is 2.28. The summed E-state index contributed by atoms with van der Waals surface area (Å²) in [7, 11) is -1.88. The smallest absolute Gasteiger partial charge is 0.243 e. The number of methoxy groups -OCH3 is 1. The van der Waals surface area contributed by atoms with Crippen molar-refractivity contribution >= 4 is 10.0 Å². The van der Waals surface area contributed by atoms with E-state index in [1.807, 2.05) is 0 Å². The molecule has 26 heavy (non-hydrogen) atoms. The van der Waals surface area contributed by atoms with E-state index in [4.69, 9.17) is 4.74 Å². The van der Waals surface area contributed by atoms with E-state index in [1.54, 1.807) is 35.7 Å². The van der Waals surface area contributed by atoms with E-state index < -0.39 is 10.0 Å². The van der Waals surface area contributed by atoms with Crippen LogP contribution in [-0.4, -0.2) is 50.9 Å². The average Bonchev–Trinajstić information content (AvgIpc) is 2.61. The molecule has 0 amide bonds. The van der Waals surface area contributed by atoms with Crippen LogP contribution in [0.5, 0.6) is 5.75 Å². The number of benzene rings is 2. The Labute approximate surface area is 156 Å². The van der Waals surface area contributed by atoms with E-state index >= 15 is 0 Å². The first-order chi connectivity index (χ1) is 12.4. The van der Waals surface area contributed by atoms with Crippen molar-refractivity contribution in [3.8, 4) is 5.75 Å². The number of ether oxygens (including phenoxy) is 1. The second-order valence-electron chi connectivity index (χ2n) is 6.85. The standard InChI is InChI=1S/C20H26N2O3S/c1-16-12-17(2)14-18(13-16)15-21-8-10-22(11-9-21)26(23,24)20-6-4-19(25-3)5-7-20/h4-7,12-14H,8-11,15H2,1-3H3. The van der Waals surface area contributed by atoms with Gasteiger partial charge in [0.1, 0.15) is 5.75 Å². The van der Waals surface area contributed by atoms with Crippen molar-refractivity contribution in [3.63, 3.8) is 0 Å². The Morgan fingerprint density at radius 1 is 0.923 bits per heavy atom. The zero-order valence-electron chi connectivity index (χ0n) is 15.6. The molecule has 1 heterocycles. The fraction of sp³-hybridized carbons (Fsp3) is 0.400. The zero-order chi connectivity index (χ0) is 18.7. The van der Waals surface area contributed by atoms with Crippen molar-refractivity contribution < 1.29 is 13.2 Å². The Balaban J connectivity index is 1.63. The molecule has 1 aliphatic heterocycles. The summed E-state index contributed by atoms with van der Waals surface area (Å²) in [6, 6.07) is 13.2. The van der Waals surface area contributed by atoms with E-state index in [0.29, 0.717) is 23.7 Å². The van der Waals surface area contributed by atoms with Gasteiger partial charge in [0, 0.05) is 32.7 Å². The lowest BCUT2D eigenvalue weighted by molar-refractivity contribution is 0.181. The van der Waals surface area contributed by atoms with Crippen LogP contribution in [0.2, 0.25) is 0 Å². The Bertz CT molecular complexity index is 835. The molecule has 1 aliphatic rings. The summed E-state index contributed by atoms with van der Waals surface area (Å²) in [5.41, 5.74) is 3.82. The molecule has 1 fully saturated rings. The molecule has 0 spiro atoms. The maximum atomic E-state index is 12.8. The average molecular weight is 375 g/mol. The molecule has 3 rings (SSSR count). The minimum Gasteiger partial charge on any atom is -0.497 e. The summed E-state index contributed by atoms with van der Waals surface area (Å²) >= 11 is 0. The molecule has 2 aromatic rings. The van der Waals surface area contributed by atoms with Crippen LogP contribution in [0, 0.1) is 13.8 Å². The SMILES string of the molecule is COc1ccc(S(=O)(=O)N2CCN(Cc3cc(C)cc(C)c3)CC2)cc1. The number of sulfonamides is 1. The normalized spacial score (nSPS) is 16.6. The Kier molecular flexibility index (Phi) is 5.65. The lowest BCUT2D eigenvalue weighted by atomic mass is 10.1. The maximum absolute atomic E-state index is 12.8. The summed E-state index contributed by atoms with van der Waals surface area (Å²) in [6.07, 6.45) is 0. The minimum atomic E-state index is -3.45. The van der Waals surface area contributed by atoms with Gasteiger partial charge in [-0.05, 0) is 43.7 Å². The van der Waals surface area contributed by atoms with Gasteiger partial charge in [-0.15, -0.1) is 0 Å². The summed E-state index contributed by atoms with van der Waals surface area (Å²) in [4.78, 5) is 2.63. The first-order valence-electron chi connectivity index (χ1n) is 8.82. The van der Waals surface area contributed by atoms with Crippen LogP contribution in [0.4, 0.5) is 0 Å². The van der Waals surface area contributed by atoms with Crippen molar-refractivity contribution in [1.29, 1.82) is 0 Å². The first-order valence-corrected chi connectivity index (χ1v) is 10.3. The van der Waals surface area contributed by atoms with Gasteiger partial charge in [0.15, 0.2) is 0 Å². The van der Waals surface area contributed by atoms with Crippen molar-refractivity contribution in [2.45, 2.75) is 25.3 Å². The van der Waals surface area contributed by atoms with Gasteiger partial charge in [0.25, 0.3) is 0 Å². The van der Waals surface area contributed by atoms with Crippen molar-refractivity contribution in [2.24, 2.45) is 0 Å². The molecule has 0 radical (unpaired) electrons. The number of piperazine rings is 1. The third kappa shape index (κ3) is 4.26. The monoisotopic (exact) mass is 374 g/mol. The molecule has 0 saturated carbocycles. The van der Waals surface area contributed by atoms with Gasteiger partial charge in [0.05, 0.1) is 12.0 Å². The Hall–Kier alpha value is -1.89. The molecule has 0 aliphatic carbocycles.